The van der Waals surface area contributed by atoms with Gasteiger partial charge in [0.1, 0.15) is 5.69 Å². The molecule has 1 heterocycles. The van der Waals surface area contributed by atoms with Crippen molar-refractivity contribution in [1.29, 1.82) is 0 Å². The highest BCUT2D eigenvalue weighted by molar-refractivity contribution is 5.80. The van der Waals surface area contributed by atoms with Gasteiger partial charge in [0.05, 0.1) is 38.4 Å². The van der Waals surface area contributed by atoms with Gasteiger partial charge in [-0.05, 0) is 24.3 Å². The Morgan fingerprint density at radius 3 is 2.28 bits per heavy atom. The SMILES string of the molecule is O=[N+]([O-])c1cccc(-n2cccc2/C=N/Nc2ccc([N+](=O)[O-])cc2[N+](=O)[O-])c1. The molecular weight excluding hydrogens is 384 g/mol. The monoisotopic (exact) mass is 396 g/mol. The van der Waals surface area contributed by atoms with Gasteiger partial charge < -0.3 is 4.57 Å². The molecule has 1 N–H and O–H groups in total. The Labute approximate surface area is 162 Å². The Bertz CT molecular complexity index is 1140. The zero-order valence-corrected chi connectivity index (χ0v) is 14.5. The van der Waals surface area contributed by atoms with Crippen molar-refractivity contribution in [3.63, 3.8) is 0 Å². The molecule has 0 aliphatic carbocycles. The van der Waals surface area contributed by atoms with Gasteiger partial charge in [0.15, 0.2) is 0 Å². The average Bonchev–Trinajstić information content (AvgIpc) is 3.16. The van der Waals surface area contributed by atoms with Crippen LogP contribution in [-0.4, -0.2) is 25.6 Å². The quantitative estimate of drug-likeness (QED) is 0.362. The van der Waals surface area contributed by atoms with Crippen LogP contribution in [0.25, 0.3) is 5.69 Å². The molecule has 0 spiro atoms. The number of anilines is 1. The van der Waals surface area contributed by atoms with Crippen LogP contribution in [0.4, 0.5) is 22.7 Å². The van der Waals surface area contributed by atoms with E-state index in [1.165, 1.54) is 24.4 Å². The molecule has 12 nitrogen and oxygen atoms in total. The number of non-ortho nitro benzene ring substituents is 2. The Kier molecular flexibility index (Phi) is 5.26. The first-order valence-corrected chi connectivity index (χ1v) is 8.01. The highest BCUT2D eigenvalue weighted by Gasteiger charge is 2.19. The summed E-state index contributed by atoms with van der Waals surface area (Å²) < 4.78 is 1.64. The van der Waals surface area contributed by atoms with Crippen molar-refractivity contribution in [3.8, 4) is 5.69 Å². The lowest BCUT2D eigenvalue weighted by molar-refractivity contribution is -0.393. The molecule has 0 aliphatic rings. The minimum absolute atomic E-state index is 0.0229. The van der Waals surface area contributed by atoms with Gasteiger partial charge in [-0.2, -0.15) is 5.10 Å². The second-order valence-electron chi connectivity index (χ2n) is 5.67. The number of nitrogens with zero attached hydrogens (tertiary/aromatic N) is 5. The van der Waals surface area contributed by atoms with E-state index in [0.29, 0.717) is 11.4 Å². The Morgan fingerprint density at radius 2 is 1.59 bits per heavy atom. The third-order valence-corrected chi connectivity index (χ3v) is 3.87. The summed E-state index contributed by atoms with van der Waals surface area (Å²) in [4.78, 5) is 30.9. The molecule has 3 rings (SSSR count). The molecule has 0 unspecified atom stereocenters. The summed E-state index contributed by atoms with van der Waals surface area (Å²) in [5.41, 5.74) is 2.57. The standard InChI is InChI=1S/C17H12N6O6/c24-21(25)13-4-1-3-12(9-13)20-8-2-5-15(20)11-18-19-16-7-6-14(22(26)27)10-17(16)23(28)29/h1-11,19H/b18-11+. The number of hydrogen-bond acceptors (Lipinski definition) is 8. The zero-order valence-electron chi connectivity index (χ0n) is 14.5. The van der Waals surface area contributed by atoms with Crippen LogP contribution in [-0.2, 0) is 0 Å². The molecule has 12 heteroatoms. The number of hydrazone groups is 1. The van der Waals surface area contributed by atoms with E-state index < -0.39 is 26.1 Å². The highest BCUT2D eigenvalue weighted by atomic mass is 16.6. The van der Waals surface area contributed by atoms with E-state index in [0.717, 1.165) is 12.1 Å². The molecule has 0 radical (unpaired) electrons. The number of hydrogen-bond donors (Lipinski definition) is 1. The molecule has 146 valence electrons. The maximum Gasteiger partial charge on any atom is 0.301 e. The van der Waals surface area contributed by atoms with Crippen molar-refractivity contribution >= 4 is 29.0 Å². The molecule has 0 saturated carbocycles. The fraction of sp³-hybridized carbons (Fsp3) is 0. The molecule has 3 aromatic rings. The fourth-order valence-corrected chi connectivity index (χ4v) is 2.54. The van der Waals surface area contributed by atoms with Crippen molar-refractivity contribution < 1.29 is 14.8 Å². The number of rotatable bonds is 7. The van der Waals surface area contributed by atoms with Crippen LogP contribution in [0.1, 0.15) is 5.69 Å². The van der Waals surface area contributed by atoms with Gasteiger partial charge in [0, 0.05) is 24.4 Å². The lowest BCUT2D eigenvalue weighted by Crippen LogP contribution is -2.01. The van der Waals surface area contributed by atoms with Crippen molar-refractivity contribution in [2.75, 3.05) is 5.43 Å². The van der Waals surface area contributed by atoms with Crippen molar-refractivity contribution in [1.82, 2.24) is 4.57 Å². The van der Waals surface area contributed by atoms with E-state index in [-0.39, 0.29) is 11.4 Å². The van der Waals surface area contributed by atoms with Crippen LogP contribution >= 0.6 is 0 Å². The molecule has 0 atom stereocenters. The van der Waals surface area contributed by atoms with Crippen LogP contribution in [0.5, 0.6) is 0 Å². The van der Waals surface area contributed by atoms with E-state index in [1.54, 1.807) is 35.0 Å². The van der Waals surface area contributed by atoms with Gasteiger partial charge >= 0.3 is 5.69 Å². The van der Waals surface area contributed by atoms with Gasteiger partial charge in [0.25, 0.3) is 11.4 Å². The first-order valence-electron chi connectivity index (χ1n) is 8.01. The van der Waals surface area contributed by atoms with Crippen LogP contribution in [0.15, 0.2) is 65.9 Å². The van der Waals surface area contributed by atoms with Gasteiger partial charge in [-0.15, -0.1) is 0 Å². The third kappa shape index (κ3) is 4.21. The minimum atomic E-state index is -0.753. The highest BCUT2D eigenvalue weighted by Crippen LogP contribution is 2.29. The Balaban J connectivity index is 1.85. The lowest BCUT2D eigenvalue weighted by atomic mass is 10.2. The van der Waals surface area contributed by atoms with Crippen LogP contribution in [0.3, 0.4) is 0 Å². The summed E-state index contributed by atoms with van der Waals surface area (Å²) in [7, 11) is 0. The van der Waals surface area contributed by atoms with Gasteiger partial charge in [-0.3, -0.25) is 35.8 Å². The Hall–Kier alpha value is -4.61. The summed E-state index contributed by atoms with van der Waals surface area (Å²) in [6.07, 6.45) is 3.04. The van der Waals surface area contributed by atoms with E-state index in [2.05, 4.69) is 10.5 Å². The Morgan fingerprint density at radius 1 is 0.862 bits per heavy atom. The number of aromatic nitrogens is 1. The first kappa shape index (κ1) is 19.2. The molecule has 1 aromatic heterocycles. The molecule has 0 bridgehead atoms. The summed E-state index contributed by atoms with van der Waals surface area (Å²) in [5.74, 6) is 0. The van der Waals surface area contributed by atoms with Crippen LogP contribution < -0.4 is 5.43 Å². The van der Waals surface area contributed by atoms with Crippen LogP contribution in [0, 0.1) is 30.3 Å². The predicted octanol–water partition coefficient (Wildman–Crippen LogP) is 3.65. The number of nitrogens with one attached hydrogen (secondary N) is 1. The maximum atomic E-state index is 11.1. The van der Waals surface area contributed by atoms with E-state index in [4.69, 9.17) is 0 Å². The number of nitro benzene ring substituents is 3. The molecule has 0 fully saturated rings. The third-order valence-electron chi connectivity index (χ3n) is 3.87. The van der Waals surface area contributed by atoms with Crippen molar-refractivity contribution in [3.05, 3.63) is 96.8 Å². The average molecular weight is 396 g/mol. The van der Waals surface area contributed by atoms with Gasteiger partial charge in [0.2, 0.25) is 0 Å². The minimum Gasteiger partial charge on any atom is -0.315 e. The summed E-state index contributed by atoms with van der Waals surface area (Å²) >= 11 is 0. The maximum absolute atomic E-state index is 11.1. The second-order valence-corrected chi connectivity index (χ2v) is 5.67. The molecule has 0 saturated heterocycles. The summed E-state index contributed by atoms with van der Waals surface area (Å²) in [5, 5.41) is 36.8. The fourth-order valence-electron chi connectivity index (χ4n) is 2.54. The molecule has 29 heavy (non-hydrogen) atoms. The first-order chi connectivity index (χ1) is 13.9. The number of nitro groups is 3. The van der Waals surface area contributed by atoms with E-state index in [1.807, 2.05) is 0 Å². The molecule has 0 amide bonds. The second kappa shape index (κ2) is 7.96. The summed E-state index contributed by atoms with van der Waals surface area (Å²) in [6, 6.07) is 12.5. The zero-order chi connectivity index (χ0) is 21.0. The van der Waals surface area contributed by atoms with Crippen molar-refractivity contribution in [2.24, 2.45) is 5.10 Å². The van der Waals surface area contributed by atoms with E-state index in [9.17, 15) is 30.3 Å². The molecule has 0 aliphatic heterocycles. The number of benzene rings is 2. The molecule has 2 aromatic carbocycles. The topological polar surface area (TPSA) is 159 Å². The van der Waals surface area contributed by atoms with Crippen LogP contribution in [0.2, 0.25) is 0 Å². The largest absolute Gasteiger partial charge is 0.315 e. The van der Waals surface area contributed by atoms with Gasteiger partial charge in [-0.25, -0.2) is 0 Å². The molecular formula is C17H12N6O6. The lowest BCUT2D eigenvalue weighted by Gasteiger charge is -2.06. The summed E-state index contributed by atoms with van der Waals surface area (Å²) in [6.45, 7) is 0. The smallest absolute Gasteiger partial charge is 0.301 e. The van der Waals surface area contributed by atoms with E-state index >= 15 is 0 Å². The van der Waals surface area contributed by atoms with Crippen molar-refractivity contribution in [2.45, 2.75) is 0 Å². The normalized spacial score (nSPS) is 10.8. The predicted molar refractivity (Wildman–Crippen MR) is 103 cm³/mol. The van der Waals surface area contributed by atoms with Gasteiger partial charge in [-0.1, -0.05) is 6.07 Å².